The maximum atomic E-state index is 5.72. The Morgan fingerprint density at radius 1 is 1.67 bits per heavy atom. The highest BCUT2D eigenvalue weighted by Gasteiger charge is 2.02. The summed E-state index contributed by atoms with van der Waals surface area (Å²) in [4.78, 5) is 4.04. The summed E-state index contributed by atoms with van der Waals surface area (Å²) in [6, 6.07) is 1.65. The lowest BCUT2D eigenvalue weighted by Gasteiger charge is -1.96. The Kier molecular flexibility index (Phi) is 1.62. The van der Waals surface area contributed by atoms with Crippen LogP contribution in [0, 0.1) is 11.7 Å². The van der Waals surface area contributed by atoms with Crippen molar-refractivity contribution in [2.24, 2.45) is 0 Å². The van der Waals surface area contributed by atoms with E-state index in [0.29, 0.717) is 15.6 Å². The SMILES string of the molecule is Cc1nc(Cl)cc2n[nH]c(=S)n12. The number of hydrogen-bond donors (Lipinski definition) is 1. The summed E-state index contributed by atoms with van der Waals surface area (Å²) in [5.41, 5.74) is 0.692. The highest BCUT2D eigenvalue weighted by atomic mass is 35.5. The first-order chi connectivity index (χ1) is 5.68. The van der Waals surface area contributed by atoms with Crippen molar-refractivity contribution in [3.05, 3.63) is 21.8 Å². The van der Waals surface area contributed by atoms with Crippen LogP contribution in [-0.2, 0) is 0 Å². The molecule has 12 heavy (non-hydrogen) atoms. The molecule has 2 rings (SSSR count). The predicted molar refractivity (Wildman–Crippen MR) is 47.9 cm³/mol. The van der Waals surface area contributed by atoms with Crippen LogP contribution in [-0.4, -0.2) is 19.6 Å². The van der Waals surface area contributed by atoms with Crippen LogP contribution in [0.2, 0.25) is 5.15 Å². The quantitative estimate of drug-likeness (QED) is 0.521. The van der Waals surface area contributed by atoms with Gasteiger partial charge in [0, 0.05) is 6.07 Å². The number of nitrogens with zero attached hydrogens (tertiary/aromatic N) is 3. The van der Waals surface area contributed by atoms with E-state index >= 15 is 0 Å². The molecule has 0 amide bonds. The van der Waals surface area contributed by atoms with Gasteiger partial charge in [-0.05, 0) is 19.1 Å². The van der Waals surface area contributed by atoms with Gasteiger partial charge in [0.25, 0.3) is 0 Å². The number of aryl methyl sites for hydroxylation is 1. The minimum atomic E-state index is 0.425. The first-order valence-corrected chi connectivity index (χ1v) is 4.07. The molecule has 0 aliphatic carbocycles. The largest absolute Gasteiger partial charge is 0.256 e. The van der Waals surface area contributed by atoms with E-state index in [4.69, 9.17) is 23.8 Å². The van der Waals surface area contributed by atoms with Gasteiger partial charge in [-0.15, -0.1) is 0 Å². The molecular formula is C6H5ClN4S. The van der Waals surface area contributed by atoms with Crippen molar-refractivity contribution in [3.8, 4) is 0 Å². The molecule has 2 aromatic rings. The van der Waals surface area contributed by atoms with Gasteiger partial charge in [0.15, 0.2) is 5.65 Å². The molecule has 6 heteroatoms. The van der Waals surface area contributed by atoms with Crippen molar-refractivity contribution in [2.45, 2.75) is 6.92 Å². The summed E-state index contributed by atoms with van der Waals surface area (Å²) < 4.78 is 2.26. The molecule has 62 valence electrons. The molecule has 0 aliphatic heterocycles. The third-order valence-corrected chi connectivity index (χ3v) is 2.01. The number of H-pyrrole nitrogens is 1. The average molecular weight is 201 g/mol. The van der Waals surface area contributed by atoms with Gasteiger partial charge in [-0.2, -0.15) is 5.10 Å². The van der Waals surface area contributed by atoms with Gasteiger partial charge in [0.1, 0.15) is 11.0 Å². The molecule has 0 aromatic carbocycles. The third kappa shape index (κ3) is 1.02. The van der Waals surface area contributed by atoms with Crippen LogP contribution in [0.15, 0.2) is 6.07 Å². The molecule has 0 atom stereocenters. The Hall–Kier alpha value is -0.940. The van der Waals surface area contributed by atoms with Crippen molar-refractivity contribution in [1.82, 2.24) is 19.6 Å². The van der Waals surface area contributed by atoms with Crippen LogP contribution in [0.5, 0.6) is 0 Å². The van der Waals surface area contributed by atoms with E-state index in [1.54, 1.807) is 10.5 Å². The van der Waals surface area contributed by atoms with Gasteiger partial charge in [-0.3, -0.25) is 9.50 Å². The molecule has 0 aliphatic rings. The summed E-state index contributed by atoms with van der Waals surface area (Å²) in [6.07, 6.45) is 0. The van der Waals surface area contributed by atoms with E-state index in [-0.39, 0.29) is 0 Å². The summed E-state index contributed by atoms with van der Waals surface area (Å²) in [6.45, 7) is 1.82. The summed E-state index contributed by atoms with van der Waals surface area (Å²) >= 11 is 10.7. The second-order valence-electron chi connectivity index (χ2n) is 2.35. The molecular weight excluding hydrogens is 196 g/mol. The number of fused-ring (bicyclic) bond motifs is 1. The van der Waals surface area contributed by atoms with Crippen LogP contribution in [0.4, 0.5) is 0 Å². The lowest BCUT2D eigenvalue weighted by molar-refractivity contribution is 0.966. The maximum Gasteiger partial charge on any atom is 0.201 e. The average Bonchev–Trinajstić information content (AvgIpc) is 2.31. The molecule has 0 bridgehead atoms. The van der Waals surface area contributed by atoms with Crippen molar-refractivity contribution < 1.29 is 0 Å². The van der Waals surface area contributed by atoms with Crippen molar-refractivity contribution >= 4 is 29.5 Å². The minimum absolute atomic E-state index is 0.425. The monoisotopic (exact) mass is 200 g/mol. The van der Waals surface area contributed by atoms with Gasteiger partial charge in [0.05, 0.1) is 0 Å². The lowest BCUT2D eigenvalue weighted by atomic mass is 10.5. The van der Waals surface area contributed by atoms with E-state index in [1.165, 1.54) is 0 Å². The smallest absolute Gasteiger partial charge is 0.201 e. The maximum absolute atomic E-state index is 5.72. The fraction of sp³-hybridized carbons (Fsp3) is 0.167. The molecule has 0 saturated heterocycles. The van der Waals surface area contributed by atoms with E-state index in [0.717, 1.165) is 5.82 Å². The van der Waals surface area contributed by atoms with Crippen molar-refractivity contribution in [2.75, 3.05) is 0 Å². The zero-order valence-corrected chi connectivity index (χ0v) is 7.78. The van der Waals surface area contributed by atoms with E-state index < -0.39 is 0 Å². The molecule has 2 heterocycles. The van der Waals surface area contributed by atoms with E-state index in [1.807, 2.05) is 6.92 Å². The van der Waals surface area contributed by atoms with Crippen molar-refractivity contribution in [1.29, 1.82) is 0 Å². The zero-order valence-electron chi connectivity index (χ0n) is 6.21. The fourth-order valence-electron chi connectivity index (χ4n) is 1.06. The molecule has 2 aromatic heterocycles. The van der Waals surface area contributed by atoms with Gasteiger partial charge >= 0.3 is 0 Å². The van der Waals surface area contributed by atoms with Crippen LogP contribution in [0.3, 0.4) is 0 Å². The van der Waals surface area contributed by atoms with Gasteiger partial charge in [-0.1, -0.05) is 11.6 Å². The number of aromatic amines is 1. The summed E-state index contributed by atoms with van der Waals surface area (Å²) in [7, 11) is 0. The summed E-state index contributed by atoms with van der Waals surface area (Å²) in [5, 5.41) is 7.05. The third-order valence-electron chi connectivity index (χ3n) is 1.54. The number of nitrogens with one attached hydrogen (secondary N) is 1. The van der Waals surface area contributed by atoms with Crippen LogP contribution in [0.25, 0.3) is 5.65 Å². The van der Waals surface area contributed by atoms with Crippen LogP contribution in [0.1, 0.15) is 5.82 Å². The van der Waals surface area contributed by atoms with E-state index in [2.05, 4.69) is 15.2 Å². The van der Waals surface area contributed by atoms with Gasteiger partial charge < -0.3 is 0 Å². The van der Waals surface area contributed by atoms with Gasteiger partial charge in [0.2, 0.25) is 4.77 Å². The standard InChI is InChI=1S/C6H5ClN4S/c1-3-8-4(7)2-5-9-10-6(12)11(3)5/h2H,1H3,(H,10,12). The molecule has 0 fully saturated rings. The Balaban J connectivity index is 3.03. The van der Waals surface area contributed by atoms with Crippen molar-refractivity contribution in [3.63, 3.8) is 0 Å². The normalized spacial score (nSPS) is 10.8. The minimum Gasteiger partial charge on any atom is -0.256 e. The molecule has 0 unspecified atom stereocenters. The second-order valence-corrected chi connectivity index (χ2v) is 3.12. The molecule has 0 spiro atoms. The number of halogens is 1. The Morgan fingerprint density at radius 2 is 2.42 bits per heavy atom. The summed E-state index contributed by atoms with van der Waals surface area (Å²) in [5.74, 6) is 0.733. The molecule has 4 nitrogen and oxygen atoms in total. The van der Waals surface area contributed by atoms with E-state index in [9.17, 15) is 0 Å². The van der Waals surface area contributed by atoms with Crippen LogP contribution < -0.4 is 0 Å². The first-order valence-electron chi connectivity index (χ1n) is 3.29. The zero-order chi connectivity index (χ0) is 8.72. The number of rotatable bonds is 0. The predicted octanol–water partition coefficient (Wildman–Crippen LogP) is 1.75. The Morgan fingerprint density at radius 3 is 3.17 bits per heavy atom. The van der Waals surface area contributed by atoms with Gasteiger partial charge in [-0.25, -0.2) is 4.98 Å². The highest BCUT2D eigenvalue weighted by molar-refractivity contribution is 7.71. The van der Waals surface area contributed by atoms with Crippen LogP contribution >= 0.6 is 23.8 Å². The molecule has 0 radical (unpaired) electrons. The second kappa shape index (κ2) is 2.53. The number of aromatic nitrogens is 4. The molecule has 1 N–H and O–H groups in total. The topological polar surface area (TPSA) is 46.0 Å². The Bertz CT molecular complexity index is 486. The fourth-order valence-corrected chi connectivity index (χ4v) is 1.55. The first kappa shape index (κ1) is 7.70. The Labute approximate surface area is 78.2 Å². The molecule has 0 saturated carbocycles. The highest BCUT2D eigenvalue weighted by Crippen LogP contribution is 2.09. The number of hydrogen-bond acceptors (Lipinski definition) is 3. The lowest BCUT2D eigenvalue weighted by Crippen LogP contribution is -1.94.